The van der Waals surface area contributed by atoms with Gasteiger partial charge in [-0.15, -0.1) is 0 Å². The van der Waals surface area contributed by atoms with Crippen LogP contribution in [0.3, 0.4) is 0 Å². The third kappa shape index (κ3) is 2.62. The number of hydrogen-bond acceptors (Lipinski definition) is 4. The molecule has 1 aliphatic carbocycles. The van der Waals surface area contributed by atoms with Gasteiger partial charge in [-0.05, 0) is 48.8 Å². The predicted octanol–water partition coefficient (Wildman–Crippen LogP) is 2.83. The van der Waals surface area contributed by atoms with E-state index in [1.54, 1.807) is 0 Å². The summed E-state index contributed by atoms with van der Waals surface area (Å²) in [6.45, 7) is 0. The van der Waals surface area contributed by atoms with Crippen molar-refractivity contribution < 1.29 is 27.2 Å². The summed E-state index contributed by atoms with van der Waals surface area (Å²) in [5.41, 5.74) is -5.92. The van der Waals surface area contributed by atoms with E-state index in [0.717, 1.165) is 11.1 Å². The number of anilines is 1. The first kappa shape index (κ1) is 21.2. The van der Waals surface area contributed by atoms with E-state index in [-0.39, 0.29) is 28.3 Å². The lowest BCUT2D eigenvalue weighted by Gasteiger charge is -2.59. The molecule has 4 rings (SSSR count). The summed E-state index contributed by atoms with van der Waals surface area (Å²) in [7, 11) is 1.30. The van der Waals surface area contributed by atoms with Crippen molar-refractivity contribution >= 4 is 34.8 Å². The Labute approximate surface area is 179 Å². The molecule has 0 bridgehead atoms. The number of hydrogen-bond donors (Lipinski definition) is 2. The summed E-state index contributed by atoms with van der Waals surface area (Å²) >= 11 is 5.16. The van der Waals surface area contributed by atoms with Gasteiger partial charge in [0, 0.05) is 19.4 Å². The molecule has 2 heterocycles. The van der Waals surface area contributed by atoms with E-state index < -0.39 is 41.2 Å². The fraction of sp³-hybridized carbons (Fsp3) is 0.300. The number of aromatic nitrogens is 1. The fourth-order valence-electron chi connectivity index (χ4n) is 4.61. The third-order valence-electron chi connectivity index (χ3n) is 6.08. The molecule has 2 N–H and O–H groups in total. The molecule has 2 fully saturated rings. The van der Waals surface area contributed by atoms with Gasteiger partial charge in [0.1, 0.15) is 11.0 Å². The summed E-state index contributed by atoms with van der Waals surface area (Å²) < 4.78 is 59.3. The molecule has 162 valence electrons. The van der Waals surface area contributed by atoms with Crippen molar-refractivity contribution in [1.82, 2.24) is 15.6 Å². The zero-order chi connectivity index (χ0) is 22.6. The van der Waals surface area contributed by atoms with Crippen LogP contribution in [0.4, 0.5) is 23.2 Å². The Hall–Kier alpha value is -3.08. The lowest BCUT2D eigenvalue weighted by Crippen LogP contribution is -2.76. The van der Waals surface area contributed by atoms with Crippen LogP contribution in [-0.2, 0) is 10.2 Å². The van der Waals surface area contributed by atoms with Crippen LogP contribution in [0.5, 0.6) is 0 Å². The maximum absolute atomic E-state index is 15.3. The molecule has 2 aliphatic rings. The van der Waals surface area contributed by atoms with E-state index >= 15 is 4.39 Å². The normalized spacial score (nSPS) is 25.4. The smallest absolute Gasteiger partial charge is 0.355 e. The van der Waals surface area contributed by atoms with Gasteiger partial charge in [0.15, 0.2) is 10.9 Å². The van der Waals surface area contributed by atoms with E-state index in [1.165, 1.54) is 43.6 Å². The number of carbonyl (C=O) groups is 2. The SMILES string of the molecule is CNC(=O)c1cccc(N2C(=S)NC(=O)C23CCC3(c2cccnc2)C(F)(F)F)c1F. The van der Waals surface area contributed by atoms with Gasteiger partial charge in [-0.2, -0.15) is 13.2 Å². The number of nitrogens with one attached hydrogen (secondary N) is 2. The Morgan fingerprint density at radius 2 is 2.00 bits per heavy atom. The van der Waals surface area contributed by atoms with Gasteiger partial charge in [0.2, 0.25) is 0 Å². The number of pyridine rings is 1. The van der Waals surface area contributed by atoms with Crippen molar-refractivity contribution in [2.75, 3.05) is 11.9 Å². The number of carbonyl (C=O) groups excluding carboxylic acids is 2. The van der Waals surface area contributed by atoms with Crippen molar-refractivity contribution in [2.24, 2.45) is 0 Å². The highest BCUT2D eigenvalue weighted by Gasteiger charge is 2.80. The summed E-state index contributed by atoms with van der Waals surface area (Å²) in [6.07, 6.45) is -3.14. The average Bonchev–Trinajstić information content (AvgIpc) is 2.98. The Bertz CT molecular complexity index is 1090. The second-order valence-corrected chi connectivity index (χ2v) is 7.70. The summed E-state index contributed by atoms with van der Waals surface area (Å²) in [5.74, 6) is -2.82. The number of nitrogens with zero attached hydrogens (tertiary/aromatic N) is 2. The molecule has 1 aliphatic heterocycles. The van der Waals surface area contributed by atoms with E-state index in [1.807, 2.05) is 0 Å². The topological polar surface area (TPSA) is 74.3 Å². The van der Waals surface area contributed by atoms with Gasteiger partial charge < -0.3 is 10.6 Å². The van der Waals surface area contributed by atoms with Crippen LogP contribution in [0.1, 0.15) is 28.8 Å². The number of halogens is 4. The van der Waals surface area contributed by atoms with Gasteiger partial charge in [-0.3, -0.25) is 19.5 Å². The van der Waals surface area contributed by atoms with Gasteiger partial charge >= 0.3 is 6.18 Å². The van der Waals surface area contributed by atoms with E-state index in [0.29, 0.717) is 0 Å². The second kappa shape index (κ2) is 6.98. The maximum Gasteiger partial charge on any atom is 0.401 e. The molecule has 1 aromatic carbocycles. The highest BCUT2D eigenvalue weighted by Crippen LogP contribution is 2.64. The van der Waals surface area contributed by atoms with Crippen molar-refractivity contribution in [1.29, 1.82) is 0 Å². The number of benzene rings is 1. The molecule has 2 aromatic rings. The van der Waals surface area contributed by atoms with Crippen LogP contribution in [0.2, 0.25) is 0 Å². The number of alkyl halides is 3. The predicted molar refractivity (Wildman–Crippen MR) is 107 cm³/mol. The van der Waals surface area contributed by atoms with Crippen molar-refractivity contribution in [3.63, 3.8) is 0 Å². The van der Waals surface area contributed by atoms with Crippen LogP contribution < -0.4 is 15.5 Å². The van der Waals surface area contributed by atoms with Gasteiger partial charge in [-0.1, -0.05) is 12.1 Å². The first-order valence-electron chi connectivity index (χ1n) is 9.25. The molecular weight excluding hydrogens is 436 g/mol. The first-order valence-corrected chi connectivity index (χ1v) is 9.66. The van der Waals surface area contributed by atoms with E-state index in [9.17, 15) is 22.8 Å². The lowest BCUT2D eigenvalue weighted by molar-refractivity contribution is -0.235. The molecule has 1 saturated carbocycles. The van der Waals surface area contributed by atoms with Crippen molar-refractivity contribution in [2.45, 2.75) is 30.0 Å². The molecular formula is C20H16F4N4O2S. The standard InChI is InChI=1S/C20H16F4N4O2S/c1-25-15(29)12-5-2-6-13(14(12)21)28-17(31)27-16(30)19(28)8-7-18(19,20(22,23)24)11-4-3-9-26-10-11/h2-6,9-10H,7-8H2,1H3,(H,25,29)(H,27,30,31). The average molecular weight is 452 g/mol. The minimum Gasteiger partial charge on any atom is -0.355 e. The first-order chi connectivity index (χ1) is 14.6. The van der Waals surface area contributed by atoms with Gasteiger partial charge in [-0.25, -0.2) is 4.39 Å². The zero-order valence-corrected chi connectivity index (χ0v) is 16.9. The van der Waals surface area contributed by atoms with Crippen molar-refractivity contribution in [3.05, 3.63) is 59.7 Å². The second-order valence-electron chi connectivity index (χ2n) is 7.32. The highest BCUT2D eigenvalue weighted by molar-refractivity contribution is 7.80. The van der Waals surface area contributed by atoms with Crippen LogP contribution in [0.15, 0.2) is 42.7 Å². The quantitative estimate of drug-likeness (QED) is 0.554. The van der Waals surface area contributed by atoms with Crippen LogP contribution in [0, 0.1) is 5.82 Å². The Morgan fingerprint density at radius 3 is 2.55 bits per heavy atom. The van der Waals surface area contributed by atoms with Crippen LogP contribution in [0.25, 0.3) is 0 Å². The molecule has 1 aromatic heterocycles. The third-order valence-corrected chi connectivity index (χ3v) is 6.36. The molecule has 11 heteroatoms. The van der Waals surface area contributed by atoms with Crippen LogP contribution >= 0.6 is 12.2 Å². The number of amides is 2. The molecule has 0 radical (unpaired) electrons. The zero-order valence-electron chi connectivity index (χ0n) is 16.1. The number of rotatable bonds is 3. The van der Waals surface area contributed by atoms with Gasteiger partial charge in [0.25, 0.3) is 11.8 Å². The number of thiocarbonyl (C=S) groups is 1. The minimum absolute atomic E-state index is 0.221. The monoisotopic (exact) mass is 452 g/mol. The Balaban J connectivity index is 1.98. The van der Waals surface area contributed by atoms with Gasteiger partial charge in [0.05, 0.1) is 11.3 Å². The highest BCUT2D eigenvalue weighted by atomic mass is 32.1. The summed E-state index contributed by atoms with van der Waals surface area (Å²) in [6, 6.07) is 6.29. The fourth-order valence-corrected chi connectivity index (χ4v) is 4.96. The van der Waals surface area contributed by atoms with E-state index in [4.69, 9.17) is 12.2 Å². The summed E-state index contributed by atoms with van der Waals surface area (Å²) in [4.78, 5) is 29.7. The van der Waals surface area contributed by atoms with Crippen LogP contribution in [-0.4, -0.2) is 40.7 Å². The largest absolute Gasteiger partial charge is 0.401 e. The lowest BCUT2D eigenvalue weighted by atomic mass is 9.50. The Morgan fingerprint density at radius 1 is 1.26 bits per heavy atom. The molecule has 31 heavy (non-hydrogen) atoms. The molecule has 2 atom stereocenters. The Kier molecular flexibility index (Phi) is 4.76. The van der Waals surface area contributed by atoms with Crippen molar-refractivity contribution in [3.8, 4) is 0 Å². The molecule has 2 amide bonds. The molecule has 6 nitrogen and oxygen atoms in total. The van der Waals surface area contributed by atoms with E-state index in [2.05, 4.69) is 15.6 Å². The molecule has 1 saturated heterocycles. The maximum atomic E-state index is 15.3. The minimum atomic E-state index is -4.88. The summed E-state index contributed by atoms with van der Waals surface area (Å²) in [5, 5.41) is 4.18. The molecule has 2 unspecified atom stereocenters. The molecule has 1 spiro atoms.